The van der Waals surface area contributed by atoms with Gasteiger partial charge >= 0.3 is 0 Å². The second-order valence-electron chi connectivity index (χ2n) is 6.83. The molecule has 128 valence electrons. The molecule has 0 bridgehead atoms. The van der Waals surface area contributed by atoms with Crippen LogP contribution in [0.4, 0.5) is 4.39 Å². The number of fused-ring (bicyclic) bond motifs is 1. The van der Waals surface area contributed by atoms with E-state index in [0.29, 0.717) is 18.4 Å². The number of likely N-dealkylation sites (N-methyl/N-ethyl adjacent to an activating group) is 1. The Hall–Kier alpha value is -1.13. The van der Waals surface area contributed by atoms with Crippen molar-refractivity contribution >= 4 is 18.3 Å². The summed E-state index contributed by atoms with van der Waals surface area (Å²) in [5, 5.41) is 3.43. The molecule has 2 atom stereocenters. The highest BCUT2D eigenvalue weighted by Gasteiger charge is 2.50. The van der Waals surface area contributed by atoms with Crippen LogP contribution >= 0.6 is 12.4 Å². The van der Waals surface area contributed by atoms with Crippen molar-refractivity contribution in [2.75, 3.05) is 26.7 Å². The number of hydrogen-bond acceptors (Lipinski definition) is 2. The summed E-state index contributed by atoms with van der Waals surface area (Å²) in [6, 6.07) is 6.56. The minimum Gasteiger partial charge on any atom is -0.345 e. The van der Waals surface area contributed by atoms with Gasteiger partial charge in [0.1, 0.15) is 5.82 Å². The normalized spacial score (nSPS) is 26.3. The molecule has 0 unspecified atom stereocenters. The third-order valence-corrected chi connectivity index (χ3v) is 5.46. The van der Waals surface area contributed by atoms with Gasteiger partial charge in [-0.2, -0.15) is 0 Å². The Balaban J connectivity index is 0.00000192. The fraction of sp³-hybridized carbons (Fsp3) is 0.611. The lowest BCUT2D eigenvalue weighted by Gasteiger charge is -2.39. The van der Waals surface area contributed by atoms with E-state index in [9.17, 15) is 9.18 Å². The zero-order valence-corrected chi connectivity index (χ0v) is 14.5. The van der Waals surface area contributed by atoms with Crippen LogP contribution in [-0.4, -0.2) is 37.5 Å². The summed E-state index contributed by atoms with van der Waals surface area (Å²) in [5.74, 6) is 0.584. The Morgan fingerprint density at radius 2 is 2.09 bits per heavy atom. The third kappa shape index (κ3) is 3.69. The van der Waals surface area contributed by atoms with E-state index in [-0.39, 0.29) is 23.6 Å². The van der Waals surface area contributed by atoms with Gasteiger partial charge < -0.3 is 10.2 Å². The zero-order chi connectivity index (χ0) is 15.6. The average Bonchev–Trinajstić information content (AvgIpc) is 2.98. The Morgan fingerprint density at radius 3 is 2.83 bits per heavy atom. The maximum absolute atomic E-state index is 13.0. The molecule has 1 aliphatic heterocycles. The summed E-state index contributed by atoms with van der Waals surface area (Å²) < 4.78 is 12.9. The van der Waals surface area contributed by atoms with E-state index in [2.05, 4.69) is 5.32 Å². The number of hydrogen-bond donors (Lipinski definition) is 1. The van der Waals surface area contributed by atoms with Crippen molar-refractivity contribution in [2.45, 2.75) is 32.1 Å². The third-order valence-electron chi connectivity index (χ3n) is 5.46. The van der Waals surface area contributed by atoms with Crippen molar-refractivity contribution in [3.8, 4) is 0 Å². The van der Waals surface area contributed by atoms with Crippen LogP contribution in [0, 0.1) is 17.2 Å². The number of carbonyl (C=O) groups is 1. The quantitative estimate of drug-likeness (QED) is 0.913. The molecule has 0 spiro atoms. The van der Waals surface area contributed by atoms with Gasteiger partial charge in [-0.3, -0.25) is 4.79 Å². The highest BCUT2D eigenvalue weighted by molar-refractivity contribution is 5.85. The van der Waals surface area contributed by atoms with E-state index in [0.717, 1.165) is 37.9 Å². The fourth-order valence-electron chi connectivity index (χ4n) is 4.10. The van der Waals surface area contributed by atoms with Crippen molar-refractivity contribution in [3.63, 3.8) is 0 Å². The molecule has 1 amide bonds. The van der Waals surface area contributed by atoms with Crippen LogP contribution in [0.15, 0.2) is 24.3 Å². The van der Waals surface area contributed by atoms with Crippen molar-refractivity contribution < 1.29 is 9.18 Å². The number of nitrogens with one attached hydrogen (secondary N) is 1. The van der Waals surface area contributed by atoms with E-state index >= 15 is 0 Å². The summed E-state index contributed by atoms with van der Waals surface area (Å²) >= 11 is 0. The molecule has 23 heavy (non-hydrogen) atoms. The number of halogens is 2. The van der Waals surface area contributed by atoms with Gasteiger partial charge in [0.05, 0.1) is 5.41 Å². The van der Waals surface area contributed by atoms with Gasteiger partial charge in [-0.1, -0.05) is 25.0 Å². The Kier molecular flexibility index (Phi) is 6.04. The average molecular weight is 341 g/mol. The van der Waals surface area contributed by atoms with E-state index in [1.54, 1.807) is 12.1 Å². The van der Waals surface area contributed by atoms with Gasteiger partial charge in [-0.15, -0.1) is 12.4 Å². The molecule has 1 saturated carbocycles. The Bertz CT molecular complexity index is 536. The standard InChI is InChI=1S/C18H25FN2O.ClH/c1-21(11-9-14-5-7-16(19)8-6-14)17(22)18-10-3-2-4-15(18)12-20-13-18;/h5-8,15,20H,2-4,9-13H2,1H3;1H/t15-,18+;/m0./s1. The molecule has 1 heterocycles. The van der Waals surface area contributed by atoms with Gasteiger partial charge in [0, 0.05) is 20.1 Å². The van der Waals surface area contributed by atoms with Gasteiger partial charge in [-0.25, -0.2) is 4.39 Å². The number of benzene rings is 1. The molecular formula is C18H26ClFN2O. The molecule has 3 nitrogen and oxygen atoms in total. The van der Waals surface area contributed by atoms with Crippen LogP contribution in [-0.2, 0) is 11.2 Å². The molecule has 2 aliphatic rings. The van der Waals surface area contributed by atoms with Gasteiger partial charge in [0.25, 0.3) is 0 Å². The first-order chi connectivity index (χ1) is 10.6. The summed E-state index contributed by atoms with van der Waals surface area (Å²) in [7, 11) is 1.91. The number of amides is 1. The van der Waals surface area contributed by atoms with Gasteiger partial charge in [0.2, 0.25) is 5.91 Å². The number of nitrogens with zero attached hydrogens (tertiary/aromatic N) is 1. The maximum Gasteiger partial charge on any atom is 0.230 e. The highest BCUT2D eigenvalue weighted by atomic mass is 35.5. The predicted octanol–water partition coefficient (Wildman–Crippen LogP) is 3.03. The summed E-state index contributed by atoms with van der Waals surface area (Å²) in [6.45, 7) is 2.51. The Morgan fingerprint density at radius 1 is 1.35 bits per heavy atom. The molecule has 3 rings (SSSR count). The lowest BCUT2D eigenvalue weighted by Crippen LogP contribution is -2.48. The largest absolute Gasteiger partial charge is 0.345 e. The molecule has 1 saturated heterocycles. The van der Waals surface area contributed by atoms with Crippen molar-refractivity contribution in [1.29, 1.82) is 0 Å². The minimum atomic E-state index is -0.214. The zero-order valence-electron chi connectivity index (χ0n) is 13.7. The first kappa shape index (κ1) is 18.2. The lowest BCUT2D eigenvalue weighted by atomic mass is 9.67. The molecule has 1 aliphatic carbocycles. The van der Waals surface area contributed by atoms with Crippen LogP contribution in [0.3, 0.4) is 0 Å². The van der Waals surface area contributed by atoms with Crippen molar-refractivity contribution in [1.82, 2.24) is 10.2 Å². The molecule has 1 N–H and O–H groups in total. The topological polar surface area (TPSA) is 32.3 Å². The monoisotopic (exact) mass is 340 g/mol. The van der Waals surface area contributed by atoms with Crippen LogP contribution in [0.1, 0.15) is 31.2 Å². The van der Waals surface area contributed by atoms with E-state index in [4.69, 9.17) is 0 Å². The van der Waals surface area contributed by atoms with Crippen LogP contribution < -0.4 is 5.32 Å². The first-order valence-corrected chi connectivity index (χ1v) is 8.32. The van der Waals surface area contributed by atoms with Crippen molar-refractivity contribution in [2.24, 2.45) is 11.3 Å². The predicted molar refractivity (Wildman–Crippen MR) is 92.2 cm³/mol. The smallest absolute Gasteiger partial charge is 0.230 e. The summed E-state index contributed by atoms with van der Waals surface area (Å²) in [4.78, 5) is 14.9. The molecule has 2 fully saturated rings. The van der Waals surface area contributed by atoms with Crippen LogP contribution in [0.25, 0.3) is 0 Å². The lowest BCUT2D eigenvalue weighted by molar-refractivity contribution is -0.143. The Labute approximate surface area is 144 Å². The van der Waals surface area contributed by atoms with E-state index in [1.807, 2.05) is 11.9 Å². The minimum absolute atomic E-state index is 0. The van der Waals surface area contributed by atoms with Crippen LogP contribution in [0.5, 0.6) is 0 Å². The summed E-state index contributed by atoms with van der Waals surface area (Å²) in [5.41, 5.74) is 0.902. The first-order valence-electron chi connectivity index (χ1n) is 8.32. The number of rotatable bonds is 4. The SMILES string of the molecule is CN(CCc1ccc(F)cc1)C(=O)[C@@]12CCCC[C@H]1CNC2.Cl. The molecule has 5 heteroatoms. The molecular weight excluding hydrogens is 315 g/mol. The van der Waals surface area contributed by atoms with Crippen molar-refractivity contribution in [3.05, 3.63) is 35.6 Å². The highest BCUT2D eigenvalue weighted by Crippen LogP contribution is 2.44. The molecule has 0 aromatic heterocycles. The fourth-order valence-corrected chi connectivity index (χ4v) is 4.10. The molecule has 1 aromatic rings. The summed E-state index contributed by atoms with van der Waals surface area (Å²) in [6.07, 6.45) is 5.38. The second-order valence-corrected chi connectivity index (χ2v) is 6.83. The molecule has 0 radical (unpaired) electrons. The van der Waals surface area contributed by atoms with E-state index in [1.165, 1.54) is 25.0 Å². The van der Waals surface area contributed by atoms with Crippen LogP contribution in [0.2, 0.25) is 0 Å². The van der Waals surface area contributed by atoms with Gasteiger partial charge in [0.15, 0.2) is 0 Å². The number of carbonyl (C=O) groups excluding carboxylic acids is 1. The maximum atomic E-state index is 13.0. The van der Waals surface area contributed by atoms with E-state index < -0.39 is 0 Å². The second kappa shape index (κ2) is 7.63. The molecule has 1 aromatic carbocycles. The van der Waals surface area contributed by atoms with Gasteiger partial charge in [-0.05, 0) is 49.4 Å².